The Balaban J connectivity index is 1.16. The van der Waals surface area contributed by atoms with Crippen molar-refractivity contribution < 1.29 is 8.83 Å². The summed E-state index contributed by atoms with van der Waals surface area (Å²) in [6, 6.07) is 55.8. The average molecular weight is 642 g/mol. The number of benzene rings is 7. The summed E-state index contributed by atoms with van der Waals surface area (Å²) in [5.74, 6) is 1.81. The van der Waals surface area contributed by atoms with E-state index in [0.29, 0.717) is 17.5 Å². The van der Waals surface area contributed by atoms with Gasteiger partial charge in [0.05, 0.1) is 0 Å². The Kier molecular flexibility index (Phi) is 6.42. The second-order valence-electron chi connectivity index (χ2n) is 12.4. The van der Waals surface area contributed by atoms with Gasteiger partial charge >= 0.3 is 0 Å². The van der Waals surface area contributed by atoms with E-state index < -0.39 is 0 Å². The summed E-state index contributed by atoms with van der Waals surface area (Å²) in [5.41, 5.74) is 10.5. The zero-order chi connectivity index (χ0) is 33.0. The van der Waals surface area contributed by atoms with Gasteiger partial charge < -0.3 is 8.83 Å². The first kappa shape index (κ1) is 28.2. The van der Waals surface area contributed by atoms with E-state index in [9.17, 15) is 0 Å². The van der Waals surface area contributed by atoms with Crippen molar-refractivity contribution in [3.8, 4) is 56.4 Å². The monoisotopic (exact) mass is 641 g/mol. The van der Waals surface area contributed by atoms with Crippen LogP contribution < -0.4 is 0 Å². The van der Waals surface area contributed by atoms with Gasteiger partial charge in [0.2, 0.25) is 0 Å². The maximum absolute atomic E-state index is 6.43. The topological polar surface area (TPSA) is 65.0 Å². The number of hydrogen-bond donors (Lipinski definition) is 0. The fourth-order valence-corrected chi connectivity index (χ4v) is 6.91. The van der Waals surface area contributed by atoms with Gasteiger partial charge in [-0.25, -0.2) is 15.0 Å². The molecule has 5 nitrogen and oxygen atoms in total. The van der Waals surface area contributed by atoms with Crippen LogP contribution in [-0.2, 0) is 0 Å². The van der Waals surface area contributed by atoms with Crippen molar-refractivity contribution in [1.82, 2.24) is 15.0 Å². The Morgan fingerprint density at radius 2 is 0.820 bits per heavy atom. The molecule has 0 aliphatic carbocycles. The Morgan fingerprint density at radius 1 is 0.300 bits per heavy atom. The molecule has 50 heavy (non-hydrogen) atoms. The van der Waals surface area contributed by atoms with Crippen LogP contribution in [0.3, 0.4) is 0 Å². The minimum Gasteiger partial charge on any atom is -0.456 e. The van der Waals surface area contributed by atoms with Crippen molar-refractivity contribution in [2.24, 2.45) is 0 Å². The van der Waals surface area contributed by atoms with E-state index in [4.69, 9.17) is 23.8 Å². The molecule has 0 aliphatic rings. The second kappa shape index (κ2) is 11.4. The van der Waals surface area contributed by atoms with Gasteiger partial charge in [0.1, 0.15) is 22.3 Å². The molecule has 3 aromatic heterocycles. The predicted molar refractivity (Wildman–Crippen MR) is 202 cm³/mol. The molecule has 234 valence electrons. The Morgan fingerprint density at radius 3 is 1.62 bits per heavy atom. The van der Waals surface area contributed by atoms with Crippen molar-refractivity contribution in [3.63, 3.8) is 0 Å². The largest absolute Gasteiger partial charge is 0.456 e. The van der Waals surface area contributed by atoms with Crippen LogP contribution in [0.4, 0.5) is 0 Å². The molecular weight excluding hydrogens is 615 g/mol. The average Bonchev–Trinajstić information content (AvgIpc) is 3.76. The molecule has 10 aromatic rings. The van der Waals surface area contributed by atoms with Gasteiger partial charge in [0.15, 0.2) is 17.5 Å². The van der Waals surface area contributed by atoms with Crippen molar-refractivity contribution in [2.45, 2.75) is 0 Å². The first-order chi connectivity index (χ1) is 24.7. The molecule has 0 N–H and O–H groups in total. The van der Waals surface area contributed by atoms with Crippen LogP contribution in [0.15, 0.2) is 173 Å². The van der Waals surface area contributed by atoms with E-state index in [-0.39, 0.29) is 0 Å². The number of hydrogen-bond acceptors (Lipinski definition) is 5. The van der Waals surface area contributed by atoms with Crippen molar-refractivity contribution in [1.29, 1.82) is 0 Å². The van der Waals surface area contributed by atoms with Gasteiger partial charge in [-0.2, -0.15) is 0 Å². The molecule has 0 fully saturated rings. The summed E-state index contributed by atoms with van der Waals surface area (Å²) < 4.78 is 12.5. The lowest BCUT2D eigenvalue weighted by Gasteiger charge is -2.10. The molecule has 0 saturated heterocycles. The Labute approximate surface area is 287 Å². The van der Waals surface area contributed by atoms with Crippen LogP contribution in [0.2, 0.25) is 0 Å². The number of fused-ring (bicyclic) bond motifs is 6. The van der Waals surface area contributed by atoms with E-state index in [0.717, 1.165) is 82.8 Å². The zero-order valence-electron chi connectivity index (χ0n) is 26.7. The standard InChI is InChI=1S/C45H27N3O2/c1-3-11-28(12-4-1)30-15-9-16-33(25-30)44-46-43(29-13-5-2-6-14-29)47-45(48-44)35-18-10-20-41-42(35)37-27-32(22-24-40(37)50-41)31-21-23-39-36(26-31)34-17-7-8-19-38(34)49-39/h1-27H. The molecule has 7 aromatic carbocycles. The summed E-state index contributed by atoms with van der Waals surface area (Å²) >= 11 is 0. The molecule has 0 radical (unpaired) electrons. The highest BCUT2D eigenvalue weighted by Crippen LogP contribution is 2.39. The molecule has 0 amide bonds. The van der Waals surface area contributed by atoms with Gasteiger partial charge in [-0.15, -0.1) is 0 Å². The van der Waals surface area contributed by atoms with Gasteiger partial charge in [-0.1, -0.05) is 121 Å². The second-order valence-corrected chi connectivity index (χ2v) is 12.4. The summed E-state index contributed by atoms with van der Waals surface area (Å²) in [6.45, 7) is 0. The molecule has 10 rings (SSSR count). The first-order valence-corrected chi connectivity index (χ1v) is 16.6. The fraction of sp³-hybridized carbons (Fsp3) is 0. The SMILES string of the molecule is c1ccc(-c2cccc(-c3nc(-c4ccccc4)nc(-c4cccc5oc6ccc(-c7ccc8oc9ccccc9c8c7)cc6c45)n3)c2)cc1. The third kappa shape index (κ3) is 4.75. The quantitative estimate of drug-likeness (QED) is 0.187. The van der Waals surface area contributed by atoms with E-state index >= 15 is 0 Å². The van der Waals surface area contributed by atoms with Crippen molar-refractivity contribution in [3.05, 3.63) is 164 Å². The highest BCUT2D eigenvalue weighted by molar-refractivity contribution is 6.13. The number of furan rings is 2. The third-order valence-corrected chi connectivity index (χ3v) is 9.34. The predicted octanol–water partition coefficient (Wildman–Crippen LogP) is 12.0. The van der Waals surface area contributed by atoms with Crippen molar-refractivity contribution in [2.75, 3.05) is 0 Å². The lowest BCUT2D eigenvalue weighted by atomic mass is 9.99. The molecule has 3 heterocycles. The molecular formula is C45H27N3O2. The Hall–Kier alpha value is -6.85. The van der Waals surface area contributed by atoms with Crippen LogP contribution in [0, 0.1) is 0 Å². The molecule has 0 atom stereocenters. The molecule has 0 saturated carbocycles. The lowest BCUT2D eigenvalue weighted by Crippen LogP contribution is -2.00. The van der Waals surface area contributed by atoms with Gasteiger partial charge in [0.25, 0.3) is 0 Å². The normalized spacial score (nSPS) is 11.6. The molecule has 0 bridgehead atoms. The first-order valence-electron chi connectivity index (χ1n) is 16.6. The van der Waals surface area contributed by atoms with Gasteiger partial charge in [-0.05, 0) is 64.7 Å². The molecule has 5 heteroatoms. The zero-order valence-corrected chi connectivity index (χ0v) is 26.7. The highest BCUT2D eigenvalue weighted by atomic mass is 16.3. The molecule has 0 unspecified atom stereocenters. The molecule has 0 spiro atoms. The summed E-state index contributed by atoms with van der Waals surface area (Å²) in [7, 11) is 0. The van der Waals surface area contributed by atoms with E-state index in [1.165, 1.54) is 0 Å². The van der Waals surface area contributed by atoms with Gasteiger partial charge in [-0.3, -0.25) is 0 Å². The smallest absolute Gasteiger partial charge is 0.164 e. The van der Waals surface area contributed by atoms with E-state index in [1.807, 2.05) is 66.7 Å². The minimum absolute atomic E-state index is 0.587. The maximum atomic E-state index is 6.43. The number of nitrogens with zero attached hydrogens (tertiary/aromatic N) is 3. The van der Waals surface area contributed by atoms with E-state index in [1.54, 1.807) is 0 Å². The van der Waals surface area contributed by atoms with Crippen LogP contribution in [0.5, 0.6) is 0 Å². The summed E-state index contributed by atoms with van der Waals surface area (Å²) in [4.78, 5) is 15.2. The number of aromatic nitrogens is 3. The van der Waals surface area contributed by atoms with Crippen LogP contribution in [-0.4, -0.2) is 15.0 Å². The van der Waals surface area contributed by atoms with E-state index in [2.05, 4.69) is 97.1 Å². The fourth-order valence-electron chi connectivity index (χ4n) is 6.91. The number of para-hydroxylation sites is 1. The van der Waals surface area contributed by atoms with Gasteiger partial charge in [0, 0.05) is 38.2 Å². The molecule has 0 aliphatic heterocycles. The van der Waals surface area contributed by atoms with Crippen LogP contribution in [0.25, 0.3) is 100 Å². The maximum Gasteiger partial charge on any atom is 0.164 e. The van der Waals surface area contributed by atoms with Crippen LogP contribution >= 0.6 is 0 Å². The third-order valence-electron chi connectivity index (χ3n) is 9.34. The highest BCUT2D eigenvalue weighted by Gasteiger charge is 2.19. The summed E-state index contributed by atoms with van der Waals surface area (Å²) in [6.07, 6.45) is 0. The number of rotatable bonds is 5. The Bertz CT molecular complexity index is 2870. The minimum atomic E-state index is 0.587. The summed E-state index contributed by atoms with van der Waals surface area (Å²) in [5, 5.41) is 4.17. The van der Waals surface area contributed by atoms with Crippen LogP contribution in [0.1, 0.15) is 0 Å². The van der Waals surface area contributed by atoms with Crippen molar-refractivity contribution >= 4 is 43.9 Å². The lowest BCUT2D eigenvalue weighted by molar-refractivity contribution is 0.668.